The van der Waals surface area contributed by atoms with Crippen LogP contribution in [0.5, 0.6) is 5.75 Å². The van der Waals surface area contributed by atoms with Crippen LogP contribution in [-0.4, -0.2) is 23.0 Å². The number of nitrogens with one attached hydrogen (secondary N) is 1. The van der Waals surface area contributed by atoms with E-state index in [1.165, 1.54) is 5.56 Å². The number of hydrogen-bond acceptors (Lipinski definition) is 4. The van der Waals surface area contributed by atoms with Gasteiger partial charge in [0.2, 0.25) is 5.91 Å². The molecule has 0 saturated carbocycles. The third-order valence-corrected chi connectivity index (χ3v) is 5.51. The van der Waals surface area contributed by atoms with Crippen LogP contribution >= 0.6 is 11.6 Å². The molecule has 0 bridgehead atoms. The van der Waals surface area contributed by atoms with E-state index in [1.807, 2.05) is 54.6 Å². The van der Waals surface area contributed by atoms with Crippen LogP contribution in [0.3, 0.4) is 0 Å². The Morgan fingerprint density at radius 2 is 1.64 bits per heavy atom. The van der Waals surface area contributed by atoms with Crippen molar-refractivity contribution in [3.05, 3.63) is 107 Å². The Morgan fingerprint density at radius 3 is 2.33 bits per heavy atom. The first-order valence-electron chi connectivity index (χ1n) is 10.7. The number of benzene rings is 3. The van der Waals surface area contributed by atoms with Crippen molar-refractivity contribution in [3.63, 3.8) is 0 Å². The quantitative estimate of drug-likeness (QED) is 0.364. The van der Waals surface area contributed by atoms with Gasteiger partial charge in [-0.1, -0.05) is 54.1 Å². The summed E-state index contributed by atoms with van der Waals surface area (Å²) in [5, 5.41) is 3.58. The van der Waals surface area contributed by atoms with Crippen molar-refractivity contribution in [2.75, 3.05) is 12.4 Å². The van der Waals surface area contributed by atoms with E-state index < -0.39 is 0 Å². The van der Waals surface area contributed by atoms with Gasteiger partial charge in [0, 0.05) is 10.6 Å². The number of methoxy groups -OCH3 is 1. The molecule has 33 heavy (non-hydrogen) atoms. The summed E-state index contributed by atoms with van der Waals surface area (Å²) in [7, 11) is 1.64. The molecule has 5 nitrogen and oxygen atoms in total. The molecule has 0 saturated heterocycles. The second kappa shape index (κ2) is 10.7. The fourth-order valence-corrected chi connectivity index (χ4v) is 3.60. The first kappa shape index (κ1) is 22.5. The van der Waals surface area contributed by atoms with E-state index in [4.69, 9.17) is 21.3 Å². The number of ether oxygens (including phenoxy) is 1. The van der Waals surface area contributed by atoms with Crippen LogP contribution in [0.4, 0.5) is 5.82 Å². The highest BCUT2D eigenvalue weighted by molar-refractivity contribution is 6.30. The van der Waals surface area contributed by atoms with E-state index in [9.17, 15) is 4.79 Å². The Morgan fingerprint density at radius 1 is 0.909 bits per heavy atom. The zero-order valence-electron chi connectivity index (χ0n) is 18.3. The van der Waals surface area contributed by atoms with Gasteiger partial charge >= 0.3 is 0 Å². The van der Waals surface area contributed by atoms with Crippen LogP contribution in [0.25, 0.3) is 11.3 Å². The highest BCUT2D eigenvalue weighted by atomic mass is 35.5. The van der Waals surface area contributed by atoms with Gasteiger partial charge in [-0.05, 0) is 60.4 Å². The fraction of sp³-hybridized carbons (Fsp3) is 0.148. The summed E-state index contributed by atoms with van der Waals surface area (Å²) >= 11 is 5.94. The number of halogens is 1. The number of rotatable bonds is 8. The third kappa shape index (κ3) is 6.18. The molecule has 0 aliphatic rings. The molecule has 0 fully saturated rings. The van der Waals surface area contributed by atoms with Gasteiger partial charge in [0.15, 0.2) is 5.82 Å². The standard InChI is InChI=1S/C27H24ClN3O2/c1-33-23-14-10-21(11-15-23)25-18-29-27(24(30-25)16-9-19-5-3-2-4-6-19)31-26(32)17-20-7-12-22(28)13-8-20/h2-8,10-15,18H,9,16-17H2,1H3,(H,29,31,32). The molecule has 1 amide bonds. The van der Waals surface area contributed by atoms with Crippen LogP contribution < -0.4 is 10.1 Å². The Kier molecular flexibility index (Phi) is 7.33. The number of nitrogens with zero attached hydrogens (tertiary/aromatic N) is 2. The smallest absolute Gasteiger partial charge is 0.229 e. The number of aromatic nitrogens is 2. The van der Waals surface area contributed by atoms with E-state index in [0.29, 0.717) is 17.3 Å². The largest absolute Gasteiger partial charge is 0.497 e. The normalized spacial score (nSPS) is 10.6. The molecule has 4 aromatic rings. The second-order valence-electron chi connectivity index (χ2n) is 7.62. The molecule has 1 heterocycles. The van der Waals surface area contributed by atoms with Gasteiger partial charge in [-0.3, -0.25) is 4.79 Å². The summed E-state index contributed by atoms with van der Waals surface area (Å²) < 4.78 is 5.24. The fourth-order valence-electron chi connectivity index (χ4n) is 3.48. The molecular formula is C27H24ClN3O2. The molecule has 0 radical (unpaired) electrons. The summed E-state index contributed by atoms with van der Waals surface area (Å²) in [6, 6.07) is 25.1. The Bertz CT molecular complexity index is 1210. The summed E-state index contributed by atoms with van der Waals surface area (Å²) in [4.78, 5) is 22.1. The molecule has 0 aliphatic heterocycles. The average Bonchev–Trinajstić information content (AvgIpc) is 2.85. The first-order valence-corrected chi connectivity index (χ1v) is 11.1. The van der Waals surface area contributed by atoms with Crippen molar-refractivity contribution in [1.82, 2.24) is 9.97 Å². The molecule has 1 N–H and O–H groups in total. The van der Waals surface area contributed by atoms with E-state index in [0.717, 1.165) is 34.7 Å². The van der Waals surface area contributed by atoms with E-state index in [2.05, 4.69) is 22.4 Å². The van der Waals surface area contributed by atoms with Crippen molar-refractivity contribution >= 4 is 23.3 Å². The minimum absolute atomic E-state index is 0.148. The molecule has 0 aliphatic carbocycles. The van der Waals surface area contributed by atoms with Crippen molar-refractivity contribution in [2.24, 2.45) is 0 Å². The topological polar surface area (TPSA) is 64.1 Å². The van der Waals surface area contributed by atoms with Gasteiger partial charge in [0.05, 0.1) is 31.1 Å². The van der Waals surface area contributed by atoms with Crippen molar-refractivity contribution in [2.45, 2.75) is 19.3 Å². The van der Waals surface area contributed by atoms with Crippen LogP contribution in [0.15, 0.2) is 85.1 Å². The van der Waals surface area contributed by atoms with Gasteiger partial charge in [-0.15, -0.1) is 0 Å². The third-order valence-electron chi connectivity index (χ3n) is 5.26. The van der Waals surface area contributed by atoms with Crippen LogP contribution in [0.1, 0.15) is 16.8 Å². The maximum absolute atomic E-state index is 12.7. The van der Waals surface area contributed by atoms with Gasteiger partial charge in [-0.25, -0.2) is 9.97 Å². The zero-order valence-corrected chi connectivity index (χ0v) is 19.0. The number of carbonyl (C=O) groups is 1. The lowest BCUT2D eigenvalue weighted by atomic mass is 10.1. The van der Waals surface area contributed by atoms with Gasteiger partial charge in [0.1, 0.15) is 5.75 Å². The van der Waals surface area contributed by atoms with E-state index in [1.54, 1.807) is 25.4 Å². The Labute approximate surface area is 198 Å². The molecule has 1 aromatic heterocycles. The molecule has 166 valence electrons. The lowest BCUT2D eigenvalue weighted by Gasteiger charge is -2.12. The monoisotopic (exact) mass is 457 g/mol. The van der Waals surface area contributed by atoms with Gasteiger partial charge in [0.25, 0.3) is 0 Å². The molecule has 0 unspecified atom stereocenters. The number of hydrogen-bond donors (Lipinski definition) is 1. The maximum atomic E-state index is 12.7. The summed E-state index contributed by atoms with van der Waals surface area (Å²) in [6.45, 7) is 0. The number of carbonyl (C=O) groups excluding carboxylic acids is 1. The summed E-state index contributed by atoms with van der Waals surface area (Å²) in [6.07, 6.45) is 3.36. The molecule has 4 rings (SSSR count). The molecule has 6 heteroatoms. The van der Waals surface area contributed by atoms with Crippen LogP contribution in [0, 0.1) is 0 Å². The zero-order chi connectivity index (χ0) is 23.0. The average molecular weight is 458 g/mol. The second-order valence-corrected chi connectivity index (χ2v) is 8.05. The highest BCUT2D eigenvalue weighted by Gasteiger charge is 2.13. The minimum atomic E-state index is -0.148. The summed E-state index contributed by atoms with van der Waals surface area (Å²) in [5.41, 5.74) is 4.51. The Hall–Kier alpha value is -3.70. The predicted molar refractivity (Wildman–Crippen MR) is 132 cm³/mol. The molecule has 0 spiro atoms. The highest BCUT2D eigenvalue weighted by Crippen LogP contribution is 2.23. The van der Waals surface area contributed by atoms with Crippen LogP contribution in [-0.2, 0) is 24.1 Å². The van der Waals surface area contributed by atoms with Gasteiger partial charge < -0.3 is 10.1 Å². The molecule has 3 aromatic carbocycles. The van der Waals surface area contributed by atoms with Crippen molar-refractivity contribution in [1.29, 1.82) is 0 Å². The molecule has 0 atom stereocenters. The SMILES string of the molecule is COc1ccc(-c2cnc(NC(=O)Cc3ccc(Cl)cc3)c(CCc3ccccc3)n2)cc1. The number of aryl methyl sites for hydroxylation is 2. The van der Waals surface area contributed by atoms with Crippen molar-refractivity contribution in [3.8, 4) is 17.0 Å². The lowest BCUT2D eigenvalue weighted by Crippen LogP contribution is -2.17. The number of anilines is 1. The Balaban J connectivity index is 1.56. The van der Waals surface area contributed by atoms with E-state index in [-0.39, 0.29) is 12.3 Å². The lowest BCUT2D eigenvalue weighted by molar-refractivity contribution is -0.115. The van der Waals surface area contributed by atoms with E-state index >= 15 is 0 Å². The van der Waals surface area contributed by atoms with Crippen LogP contribution in [0.2, 0.25) is 5.02 Å². The van der Waals surface area contributed by atoms with Crippen molar-refractivity contribution < 1.29 is 9.53 Å². The summed E-state index contributed by atoms with van der Waals surface area (Å²) in [5.74, 6) is 1.12. The maximum Gasteiger partial charge on any atom is 0.229 e. The first-order chi connectivity index (χ1) is 16.1. The predicted octanol–water partition coefficient (Wildman–Crippen LogP) is 5.77. The van der Waals surface area contributed by atoms with Gasteiger partial charge in [-0.2, -0.15) is 0 Å². The number of amides is 1. The minimum Gasteiger partial charge on any atom is -0.497 e. The molecular weight excluding hydrogens is 434 g/mol.